The molecule has 2 aliphatic heterocycles. The van der Waals surface area contributed by atoms with E-state index < -0.39 is 5.97 Å². The first-order valence-corrected chi connectivity index (χ1v) is 10.5. The van der Waals surface area contributed by atoms with E-state index in [2.05, 4.69) is 40.6 Å². The van der Waals surface area contributed by atoms with E-state index in [9.17, 15) is 4.79 Å². The zero-order valence-corrected chi connectivity index (χ0v) is 15.7. The van der Waals surface area contributed by atoms with Gasteiger partial charge in [0.05, 0.1) is 10.6 Å². The average Bonchev–Trinajstić information content (AvgIpc) is 3.02. The van der Waals surface area contributed by atoms with E-state index >= 15 is 0 Å². The molecular formula is C20H21NO2S2. The van der Waals surface area contributed by atoms with Crippen molar-refractivity contribution in [3.05, 3.63) is 58.0 Å². The Kier molecular flexibility index (Phi) is 4.97. The standard InChI is InChI=1S/C20H21NO2S2/c22-18(23)7-11-21-9-5-14(6-10-21)19-16-4-2-1-3-15(16)13-25-20-17(19)8-12-24-20/h1-4,8,12H,5-7,9-11,13H2,(H,22,23). The Labute approximate surface area is 156 Å². The quantitative estimate of drug-likeness (QED) is 0.847. The summed E-state index contributed by atoms with van der Waals surface area (Å²) in [6.07, 6.45) is 2.30. The number of hydrogen-bond acceptors (Lipinski definition) is 4. The molecule has 1 saturated heterocycles. The molecule has 0 saturated carbocycles. The third-order valence-corrected chi connectivity index (χ3v) is 7.29. The van der Waals surface area contributed by atoms with Gasteiger partial charge in [-0.05, 0) is 41.0 Å². The smallest absolute Gasteiger partial charge is 0.304 e. The summed E-state index contributed by atoms with van der Waals surface area (Å²) in [5.74, 6) is 0.326. The minimum Gasteiger partial charge on any atom is -0.481 e. The van der Waals surface area contributed by atoms with Crippen molar-refractivity contribution in [2.24, 2.45) is 0 Å². The molecular weight excluding hydrogens is 350 g/mol. The van der Waals surface area contributed by atoms with Gasteiger partial charge in [-0.3, -0.25) is 4.79 Å². The zero-order chi connectivity index (χ0) is 17.2. The maximum Gasteiger partial charge on any atom is 0.304 e. The molecule has 4 rings (SSSR count). The molecule has 130 valence electrons. The third kappa shape index (κ3) is 3.54. The number of benzene rings is 1. The zero-order valence-electron chi connectivity index (χ0n) is 14.0. The van der Waals surface area contributed by atoms with Crippen molar-refractivity contribution in [2.45, 2.75) is 29.2 Å². The van der Waals surface area contributed by atoms with Gasteiger partial charge in [0.25, 0.3) is 0 Å². The summed E-state index contributed by atoms with van der Waals surface area (Å²) in [6.45, 7) is 2.58. The van der Waals surface area contributed by atoms with Crippen molar-refractivity contribution in [3.8, 4) is 0 Å². The predicted molar refractivity (Wildman–Crippen MR) is 104 cm³/mol. The second-order valence-corrected chi connectivity index (χ2v) is 8.69. The SMILES string of the molecule is O=C(O)CCN1CCC(=C2c3ccccc3CSc3sccc32)CC1. The Morgan fingerprint density at radius 2 is 1.92 bits per heavy atom. The number of thioether (sulfide) groups is 1. The van der Waals surface area contributed by atoms with Crippen LogP contribution in [0.1, 0.15) is 36.0 Å². The lowest BCUT2D eigenvalue weighted by molar-refractivity contribution is -0.137. The molecule has 25 heavy (non-hydrogen) atoms. The van der Waals surface area contributed by atoms with Crippen LogP contribution in [0, 0.1) is 0 Å². The molecule has 1 fully saturated rings. The van der Waals surface area contributed by atoms with Gasteiger partial charge in [0.15, 0.2) is 0 Å². The highest BCUT2D eigenvalue weighted by molar-refractivity contribution is 8.00. The van der Waals surface area contributed by atoms with Crippen molar-refractivity contribution in [3.63, 3.8) is 0 Å². The molecule has 5 heteroatoms. The van der Waals surface area contributed by atoms with Crippen molar-refractivity contribution >= 4 is 34.6 Å². The monoisotopic (exact) mass is 371 g/mol. The maximum absolute atomic E-state index is 10.8. The molecule has 0 unspecified atom stereocenters. The highest BCUT2D eigenvalue weighted by Gasteiger charge is 2.24. The molecule has 0 atom stereocenters. The van der Waals surface area contributed by atoms with E-state index in [0.717, 1.165) is 31.7 Å². The van der Waals surface area contributed by atoms with Gasteiger partial charge in [0.2, 0.25) is 0 Å². The van der Waals surface area contributed by atoms with E-state index in [1.54, 1.807) is 0 Å². The van der Waals surface area contributed by atoms with Gasteiger partial charge in [-0.25, -0.2) is 0 Å². The molecule has 1 aromatic heterocycles. The van der Waals surface area contributed by atoms with Gasteiger partial charge < -0.3 is 10.0 Å². The van der Waals surface area contributed by atoms with Crippen molar-refractivity contribution < 1.29 is 9.90 Å². The molecule has 0 radical (unpaired) electrons. The number of aliphatic carboxylic acids is 1. The number of carboxylic acid groups (broad SMARTS) is 1. The Morgan fingerprint density at radius 3 is 2.72 bits per heavy atom. The number of carbonyl (C=O) groups is 1. The van der Waals surface area contributed by atoms with Gasteiger partial charge in [-0.15, -0.1) is 23.1 Å². The van der Waals surface area contributed by atoms with E-state index in [4.69, 9.17) is 5.11 Å². The van der Waals surface area contributed by atoms with E-state index in [-0.39, 0.29) is 6.42 Å². The molecule has 0 spiro atoms. The number of nitrogens with zero attached hydrogens (tertiary/aromatic N) is 1. The number of carboxylic acids is 1. The minimum atomic E-state index is -0.707. The van der Waals surface area contributed by atoms with Crippen molar-refractivity contribution in [2.75, 3.05) is 19.6 Å². The number of piperidine rings is 1. The molecule has 3 nitrogen and oxygen atoms in total. The van der Waals surface area contributed by atoms with E-state index in [1.165, 1.54) is 32.0 Å². The average molecular weight is 372 g/mol. The largest absolute Gasteiger partial charge is 0.481 e. The number of likely N-dealkylation sites (tertiary alicyclic amines) is 1. The summed E-state index contributed by atoms with van der Waals surface area (Å²) < 4.78 is 1.42. The highest BCUT2D eigenvalue weighted by Crippen LogP contribution is 2.45. The lowest BCUT2D eigenvalue weighted by Gasteiger charge is -2.29. The van der Waals surface area contributed by atoms with Crippen molar-refractivity contribution in [1.29, 1.82) is 0 Å². The van der Waals surface area contributed by atoms with Crippen LogP contribution in [0.25, 0.3) is 5.57 Å². The van der Waals surface area contributed by atoms with Crippen LogP contribution >= 0.6 is 23.1 Å². The number of thiophene rings is 1. The maximum atomic E-state index is 10.8. The van der Waals surface area contributed by atoms with Gasteiger partial charge in [-0.2, -0.15) is 0 Å². The summed E-state index contributed by atoms with van der Waals surface area (Å²) in [7, 11) is 0. The van der Waals surface area contributed by atoms with Gasteiger partial charge in [0.1, 0.15) is 0 Å². The van der Waals surface area contributed by atoms with Crippen LogP contribution < -0.4 is 0 Å². The Balaban J connectivity index is 1.66. The minimum absolute atomic E-state index is 0.236. The fourth-order valence-electron chi connectivity index (χ4n) is 3.70. The van der Waals surface area contributed by atoms with E-state index in [1.807, 2.05) is 23.1 Å². The molecule has 1 aromatic carbocycles. The van der Waals surface area contributed by atoms with Crippen LogP contribution in [0.2, 0.25) is 0 Å². The van der Waals surface area contributed by atoms with Crippen LogP contribution in [-0.2, 0) is 10.5 Å². The fraction of sp³-hybridized carbons (Fsp3) is 0.350. The van der Waals surface area contributed by atoms with Crippen LogP contribution in [0.5, 0.6) is 0 Å². The third-order valence-electron chi connectivity index (χ3n) is 5.00. The van der Waals surface area contributed by atoms with Crippen LogP contribution in [0.3, 0.4) is 0 Å². The molecule has 0 amide bonds. The summed E-state index contributed by atoms with van der Waals surface area (Å²) in [4.78, 5) is 13.1. The first-order valence-electron chi connectivity index (χ1n) is 8.67. The highest BCUT2D eigenvalue weighted by atomic mass is 32.2. The summed E-state index contributed by atoms with van der Waals surface area (Å²) >= 11 is 3.79. The first kappa shape index (κ1) is 16.9. The first-order chi connectivity index (χ1) is 12.2. The molecule has 0 bridgehead atoms. The van der Waals surface area contributed by atoms with Crippen molar-refractivity contribution in [1.82, 2.24) is 4.90 Å². The number of fused-ring (bicyclic) bond motifs is 2. The van der Waals surface area contributed by atoms with E-state index in [0.29, 0.717) is 6.54 Å². The van der Waals surface area contributed by atoms with Crippen LogP contribution in [0.15, 0.2) is 45.5 Å². The lowest BCUT2D eigenvalue weighted by atomic mass is 9.87. The molecule has 0 aliphatic carbocycles. The van der Waals surface area contributed by atoms with Gasteiger partial charge >= 0.3 is 5.97 Å². The lowest BCUT2D eigenvalue weighted by Crippen LogP contribution is -2.33. The summed E-state index contributed by atoms with van der Waals surface area (Å²) in [6, 6.07) is 11.1. The van der Waals surface area contributed by atoms with Gasteiger partial charge in [-0.1, -0.05) is 29.8 Å². The fourth-order valence-corrected chi connectivity index (χ4v) is 5.81. The Hall–Kier alpha value is -1.56. The topological polar surface area (TPSA) is 40.5 Å². The Morgan fingerprint density at radius 1 is 1.12 bits per heavy atom. The molecule has 2 aliphatic rings. The molecule has 3 heterocycles. The second-order valence-electron chi connectivity index (χ2n) is 6.53. The normalized spacial score (nSPS) is 17.8. The Bertz CT molecular complexity index is 815. The van der Waals surface area contributed by atoms with Crippen LogP contribution in [0.4, 0.5) is 0 Å². The summed E-state index contributed by atoms with van der Waals surface area (Å²) in [5, 5.41) is 11.1. The predicted octanol–water partition coefficient (Wildman–Crippen LogP) is 4.73. The molecule has 1 N–H and O–H groups in total. The number of hydrogen-bond donors (Lipinski definition) is 1. The van der Waals surface area contributed by atoms with Gasteiger partial charge in [0, 0.05) is 31.0 Å². The van der Waals surface area contributed by atoms with Crippen LogP contribution in [-0.4, -0.2) is 35.6 Å². The number of rotatable bonds is 3. The summed E-state index contributed by atoms with van der Waals surface area (Å²) in [5.41, 5.74) is 7.18. The molecule has 2 aromatic rings. The second kappa shape index (κ2) is 7.36.